The van der Waals surface area contributed by atoms with Crippen LogP contribution in [0.15, 0.2) is 64.5 Å². The van der Waals surface area contributed by atoms with Gasteiger partial charge in [0.1, 0.15) is 19.0 Å². The maximum absolute atomic E-state index is 12.8. The molecule has 0 radical (unpaired) electrons. The van der Waals surface area contributed by atoms with E-state index in [9.17, 15) is 4.79 Å². The highest BCUT2D eigenvalue weighted by Gasteiger charge is 2.34. The lowest BCUT2D eigenvalue weighted by Gasteiger charge is -2.28. The summed E-state index contributed by atoms with van der Waals surface area (Å²) < 4.78 is 19.6. The van der Waals surface area contributed by atoms with Crippen LogP contribution >= 0.6 is 15.9 Å². The quantitative estimate of drug-likeness (QED) is 0.480. The molecule has 1 atom stereocenters. The number of halogens is 1. The Bertz CT molecular complexity index is 1160. The number of anilines is 1. The van der Waals surface area contributed by atoms with Gasteiger partial charge in [0, 0.05) is 10.2 Å². The van der Waals surface area contributed by atoms with Gasteiger partial charge in [0.2, 0.25) is 5.95 Å². The first-order valence-corrected chi connectivity index (χ1v) is 10.9. The molecule has 0 saturated carbocycles. The molecule has 3 aromatic rings. The van der Waals surface area contributed by atoms with Gasteiger partial charge in [-0.15, -0.1) is 0 Å². The molecular weight excluding hydrogens is 476 g/mol. The summed E-state index contributed by atoms with van der Waals surface area (Å²) in [6, 6.07) is 13.0. The van der Waals surface area contributed by atoms with E-state index in [0.29, 0.717) is 35.3 Å². The highest BCUT2D eigenvalue weighted by atomic mass is 79.9. The van der Waals surface area contributed by atoms with Gasteiger partial charge in [0.25, 0.3) is 0 Å². The zero-order valence-electron chi connectivity index (χ0n) is 18.0. The number of hydrogen-bond donors (Lipinski definition) is 1. The van der Waals surface area contributed by atoms with E-state index >= 15 is 0 Å². The summed E-state index contributed by atoms with van der Waals surface area (Å²) in [7, 11) is 1.59. The summed E-state index contributed by atoms with van der Waals surface area (Å²) in [6.07, 6.45) is 1.45. The number of benzene rings is 2. The predicted molar refractivity (Wildman–Crippen MR) is 123 cm³/mol. The molecule has 1 aliphatic heterocycles. The van der Waals surface area contributed by atoms with Crippen LogP contribution in [-0.2, 0) is 16.1 Å². The average Bonchev–Trinajstić information content (AvgIpc) is 3.25. The first kappa shape index (κ1) is 21.9. The number of aromatic nitrogens is 3. The van der Waals surface area contributed by atoms with Crippen LogP contribution in [-0.4, -0.2) is 34.5 Å². The number of nitrogens with zero attached hydrogens (tertiary/aromatic N) is 3. The van der Waals surface area contributed by atoms with E-state index in [4.69, 9.17) is 14.2 Å². The van der Waals surface area contributed by atoms with Crippen LogP contribution in [0.5, 0.6) is 11.5 Å². The monoisotopic (exact) mass is 498 g/mol. The first-order chi connectivity index (χ1) is 15.5. The van der Waals surface area contributed by atoms with Gasteiger partial charge in [-0.2, -0.15) is 10.1 Å². The molecule has 1 N–H and O–H groups in total. The van der Waals surface area contributed by atoms with Crippen molar-refractivity contribution in [3.63, 3.8) is 0 Å². The third-order valence-corrected chi connectivity index (χ3v) is 5.63. The Kier molecular flexibility index (Phi) is 6.45. The number of methoxy groups -OCH3 is 1. The van der Waals surface area contributed by atoms with Gasteiger partial charge >= 0.3 is 5.97 Å². The molecule has 2 aromatic carbocycles. The smallest absolute Gasteiger partial charge is 0.338 e. The molecule has 0 saturated heterocycles. The fourth-order valence-electron chi connectivity index (χ4n) is 3.59. The largest absolute Gasteiger partial charge is 0.493 e. The standard InChI is InChI=1S/C23H23BrN4O4/c1-4-31-22(29)20-14(2)27-23-25-13-26-28(23)21(20)16-7-10-18(19(11-16)30-3)32-12-15-5-8-17(24)9-6-15/h5-11,13,21H,4,12H2,1-3H3,(H,25,26,27). The number of fused-ring (bicyclic) bond motifs is 1. The Balaban J connectivity index is 1.67. The fraction of sp³-hybridized carbons (Fsp3) is 0.261. The van der Waals surface area contributed by atoms with Gasteiger partial charge in [-0.3, -0.25) is 0 Å². The van der Waals surface area contributed by atoms with Gasteiger partial charge in [-0.25, -0.2) is 9.48 Å². The minimum absolute atomic E-state index is 0.276. The molecule has 0 amide bonds. The van der Waals surface area contributed by atoms with E-state index in [-0.39, 0.29) is 6.61 Å². The lowest BCUT2D eigenvalue weighted by molar-refractivity contribution is -0.139. The van der Waals surface area contributed by atoms with E-state index in [1.54, 1.807) is 18.7 Å². The van der Waals surface area contributed by atoms with Crippen LogP contribution in [0.4, 0.5) is 5.95 Å². The van der Waals surface area contributed by atoms with Crippen LogP contribution in [0.3, 0.4) is 0 Å². The molecule has 1 unspecified atom stereocenters. The number of ether oxygens (including phenoxy) is 3. The number of hydrogen-bond acceptors (Lipinski definition) is 7. The lowest BCUT2D eigenvalue weighted by atomic mass is 9.95. The highest BCUT2D eigenvalue weighted by Crippen LogP contribution is 2.39. The molecule has 8 nitrogen and oxygen atoms in total. The Morgan fingerprint density at radius 3 is 2.69 bits per heavy atom. The summed E-state index contributed by atoms with van der Waals surface area (Å²) >= 11 is 3.43. The van der Waals surface area contributed by atoms with Crippen molar-refractivity contribution < 1.29 is 19.0 Å². The minimum atomic E-state index is -0.512. The SMILES string of the molecule is CCOC(=O)C1=C(C)Nc2ncnn2C1c1ccc(OCc2ccc(Br)cc2)c(OC)c1. The number of esters is 1. The zero-order valence-corrected chi connectivity index (χ0v) is 19.5. The van der Waals surface area contributed by atoms with Crippen molar-refractivity contribution in [3.8, 4) is 11.5 Å². The molecule has 4 rings (SSSR count). The Morgan fingerprint density at radius 1 is 1.19 bits per heavy atom. The predicted octanol–water partition coefficient (Wildman–Crippen LogP) is 4.48. The normalized spacial score (nSPS) is 15.1. The van der Waals surface area contributed by atoms with Crippen LogP contribution < -0.4 is 14.8 Å². The maximum Gasteiger partial charge on any atom is 0.338 e. The number of rotatable bonds is 7. The average molecular weight is 499 g/mol. The zero-order chi connectivity index (χ0) is 22.7. The Labute approximate surface area is 194 Å². The molecule has 2 heterocycles. The second-order valence-electron chi connectivity index (χ2n) is 7.14. The Hall–Kier alpha value is -3.33. The van der Waals surface area contributed by atoms with Crippen LogP contribution in [0.25, 0.3) is 0 Å². The van der Waals surface area contributed by atoms with Crippen LogP contribution in [0.2, 0.25) is 0 Å². The van der Waals surface area contributed by atoms with E-state index in [0.717, 1.165) is 15.6 Å². The van der Waals surface area contributed by atoms with Gasteiger partial charge in [-0.05, 0) is 49.2 Å². The third kappa shape index (κ3) is 4.34. The van der Waals surface area contributed by atoms with Gasteiger partial charge in [0.05, 0.1) is 19.3 Å². The van der Waals surface area contributed by atoms with Crippen molar-refractivity contribution in [2.24, 2.45) is 0 Å². The third-order valence-electron chi connectivity index (χ3n) is 5.10. The van der Waals surface area contributed by atoms with E-state index in [1.165, 1.54) is 6.33 Å². The van der Waals surface area contributed by atoms with E-state index in [2.05, 4.69) is 31.3 Å². The Morgan fingerprint density at radius 2 is 1.97 bits per heavy atom. The molecule has 0 aliphatic carbocycles. The van der Waals surface area contributed by atoms with Gasteiger partial charge < -0.3 is 19.5 Å². The van der Waals surface area contributed by atoms with Crippen molar-refractivity contribution in [1.82, 2.24) is 14.8 Å². The molecular formula is C23H23BrN4O4. The van der Waals surface area contributed by atoms with Gasteiger partial charge in [-0.1, -0.05) is 34.1 Å². The van der Waals surface area contributed by atoms with Crippen LogP contribution in [0, 0.1) is 0 Å². The number of nitrogens with one attached hydrogen (secondary N) is 1. The summed E-state index contributed by atoms with van der Waals surface area (Å²) in [5.74, 6) is 1.30. The second kappa shape index (κ2) is 9.44. The summed E-state index contributed by atoms with van der Waals surface area (Å²) in [5, 5.41) is 7.45. The van der Waals surface area contributed by atoms with Crippen molar-refractivity contribution >= 4 is 27.8 Å². The van der Waals surface area contributed by atoms with Crippen LogP contribution in [0.1, 0.15) is 31.0 Å². The van der Waals surface area contributed by atoms with Crippen molar-refractivity contribution in [2.75, 3.05) is 19.0 Å². The maximum atomic E-state index is 12.8. The number of allylic oxidation sites excluding steroid dienone is 1. The number of carbonyl (C=O) groups is 1. The van der Waals surface area contributed by atoms with Gasteiger partial charge in [0.15, 0.2) is 11.5 Å². The summed E-state index contributed by atoms with van der Waals surface area (Å²) in [6.45, 7) is 4.28. The fourth-order valence-corrected chi connectivity index (χ4v) is 3.85. The first-order valence-electron chi connectivity index (χ1n) is 10.1. The molecule has 1 aliphatic rings. The number of carbonyl (C=O) groups excluding carboxylic acids is 1. The summed E-state index contributed by atoms with van der Waals surface area (Å²) in [4.78, 5) is 17.0. The van der Waals surface area contributed by atoms with Crippen molar-refractivity contribution in [2.45, 2.75) is 26.5 Å². The molecule has 9 heteroatoms. The molecule has 166 valence electrons. The summed E-state index contributed by atoms with van der Waals surface area (Å²) in [5.41, 5.74) is 2.97. The molecule has 0 bridgehead atoms. The molecule has 0 spiro atoms. The second-order valence-corrected chi connectivity index (χ2v) is 8.06. The lowest BCUT2D eigenvalue weighted by Crippen LogP contribution is -2.29. The van der Waals surface area contributed by atoms with Crippen molar-refractivity contribution in [1.29, 1.82) is 0 Å². The molecule has 32 heavy (non-hydrogen) atoms. The van der Waals surface area contributed by atoms with E-state index < -0.39 is 12.0 Å². The van der Waals surface area contributed by atoms with E-state index in [1.807, 2.05) is 49.4 Å². The molecule has 1 aromatic heterocycles. The van der Waals surface area contributed by atoms with Crippen molar-refractivity contribution in [3.05, 3.63) is 75.7 Å². The highest BCUT2D eigenvalue weighted by molar-refractivity contribution is 9.10. The topological polar surface area (TPSA) is 87.5 Å². The molecule has 0 fully saturated rings. The minimum Gasteiger partial charge on any atom is -0.493 e.